The zero-order chi connectivity index (χ0) is 36.8. The van der Waals surface area contributed by atoms with Crippen LogP contribution in [-0.4, -0.2) is 94.4 Å². The molecule has 3 aromatic carbocycles. The van der Waals surface area contributed by atoms with E-state index in [4.69, 9.17) is 23.2 Å². The molecule has 0 fully saturated rings. The lowest BCUT2D eigenvalue weighted by Crippen LogP contribution is -2.10. The Bertz CT molecular complexity index is 1880. The quantitative estimate of drug-likeness (QED) is 0.0839. The number of hydrogen-bond donors (Lipinski definition) is 6. The summed E-state index contributed by atoms with van der Waals surface area (Å²) in [7, 11) is 11.4. The fraction of sp³-hybridized carbons (Fsp3) is 0.294. The lowest BCUT2D eigenvalue weighted by molar-refractivity contribution is 0.980. The number of aromatic nitrogens is 9. The predicted molar refractivity (Wildman–Crippen MR) is 209 cm³/mol. The van der Waals surface area contributed by atoms with E-state index in [9.17, 15) is 0 Å². The van der Waals surface area contributed by atoms with Gasteiger partial charge >= 0.3 is 0 Å². The number of aryl methyl sites for hydroxylation is 1. The van der Waals surface area contributed by atoms with Crippen LogP contribution in [-0.2, 0) is 13.0 Å². The van der Waals surface area contributed by atoms with Gasteiger partial charge in [-0.15, -0.1) is 15.3 Å². The van der Waals surface area contributed by atoms with Crippen LogP contribution in [0.5, 0.6) is 0 Å². The number of aromatic amines is 3. The molecule has 0 radical (unpaired) electrons. The van der Waals surface area contributed by atoms with Crippen LogP contribution in [0.1, 0.15) is 16.7 Å². The molecule has 51 heavy (non-hydrogen) atoms. The number of benzene rings is 3. The van der Waals surface area contributed by atoms with Crippen LogP contribution >= 0.6 is 23.2 Å². The van der Waals surface area contributed by atoms with Crippen molar-refractivity contribution in [1.29, 1.82) is 0 Å². The maximum atomic E-state index is 5.83. The lowest BCUT2D eigenvalue weighted by atomic mass is 10.1. The van der Waals surface area contributed by atoms with Crippen LogP contribution in [0.15, 0.2) is 72.8 Å². The van der Waals surface area contributed by atoms with E-state index >= 15 is 0 Å². The maximum absolute atomic E-state index is 5.83. The zero-order valence-corrected chi connectivity index (χ0v) is 31.3. The minimum atomic E-state index is 0.648. The van der Waals surface area contributed by atoms with Crippen molar-refractivity contribution in [2.24, 2.45) is 0 Å². The van der Waals surface area contributed by atoms with Gasteiger partial charge in [0.2, 0.25) is 35.7 Å². The fourth-order valence-electron chi connectivity index (χ4n) is 4.20. The third-order valence-electron chi connectivity index (χ3n) is 6.89. The lowest BCUT2D eigenvalue weighted by Gasteiger charge is -2.04. The molecule has 0 aliphatic rings. The van der Waals surface area contributed by atoms with E-state index in [-0.39, 0.29) is 0 Å². The summed E-state index contributed by atoms with van der Waals surface area (Å²) in [4.78, 5) is 18.4. The smallest absolute Gasteiger partial charge is 0.245 e. The zero-order valence-electron chi connectivity index (χ0n) is 29.8. The van der Waals surface area contributed by atoms with Crippen molar-refractivity contribution in [3.8, 4) is 0 Å². The number of rotatable bonds is 12. The first-order valence-corrected chi connectivity index (χ1v) is 16.8. The van der Waals surface area contributed by atoms with E-state index in [0.717, 1.165) is 34.3 Å². The third-order valence-corrected chi connectivity index (χ3v) is 7.40. The average molecular weight is 735 g/mol. The van der Waals surface area contributed by atoms with Gasteiger partial charge in [-0.2, -0.15) is 15.0 Å². The maximum Gasteiger partial charge on any atom is 0.245 e. The van der Waals surface area contributed by atoms with Gasteiger partial charge in [0.25, 0.3) is 0 Å². The molecule has 6 N–H and O–H groups in total. The summed E-state index contributed by atoms with van der Waals surface area (Å²) in [6.45, 7) is 3.53. The van der Waals surface area contributed by atoms with Crippen molar-refractivity contribution in [3.63, 3.8) is 0 Å². The summed E-state index contributed by atoms with van der Waals surface area (Å²) < 4.78 is 0. The number of halogens is 2. The van der Waals surface area contributed by atoms with Gasteiger partial charge in [-0.3, -0.25) is 0 Å². The van der Waals surface area contributed by atoms with E-state index < -0.39 is 0 Å². The Morgan fingerprint density at radius 3 is 1.55 bits per heavy atom. The molecule has 3 heterocycles. The Hall–Kier alpha value is -5.54. The van der Waals surface area contributed by atoms with Crippen LogP contribution in [0.3, 0.4) is 0 Å². The average Bonchev–Trinajstić information content (AvgIpc) is 3.88. The molecule has 0 spiro atoms. The highest BCUT2D eigenvalue weighted by molar-refractivity contribution is 6.30. The molecule has 0 aliphatic heterocycles. The van der Waals surface area contributed by atoms with Gasteiger partial charge in [0.15, 0.2) is 0 Å². The monoisotopic (exact) mass is 733 g/mol. The van der Waals surface area contributed by atoms with Crippen LogP contribution in [0, 0.1) is 6.92 Å². The number of hydrogen-bond acceptors (Lipinski definition) is 12. The summed E-state index contributed by atoms with van der Waals surface area (Å²) in [6.07, 6.45) is 0.912. The highest BCUT2D eigenvalue weighted by atomic mass is 35.5. The molecule has 0 saturated carbocycles. The van der Waals surface area contributed by atoms with Gasteiger partial charge in [0, 0.05) is 71.1 Å². The normalized spacial score (nSPS) is 10.3. The molecular weight excluding hydrogens is 689 g/mol. The molecule has 15 nitrogen and oxygen atoms in total. The van der Waals surface area contributed by atoms with Crippen LogP contribution < -0.4 is 30.7 Å². The molecule has 0 amide bonds. The van der Waals surface area contributed by atoms with Crippen LogP contribution in [0.25, 0.3) is 0 Å². The Kier molecular flexibility index (Phi) is 14.3. The molecule has 17 heteroatoms. The second-order valence-electron chi connectivity index (χ2n) is 11.9. The molecule has 6 aromatic rings. The molecule has 3 aromatic heterocycles. The van der Waals surface area contributed by atoms with Crippen molar-refractivity contribution in [2.45, 2.75) is 19.9 Å². The molecule has 0 atom stereocenters. The topological polar surface area (TPSA) is 171 Å². The molecule has 0 aliphatic carbocycles. The molecule has 0 saturated heterocycles. The number of nitrogens with zero attached hydrogens (tertiary/aromatic N) is 9. The van der Waals surface area contributed by atoms with E-state index in [1.807, 2.05) is 118 Å². The van der Waals surface area contributed by atoms with Crippen molar-refractivity contribution in [2.75, 3.05) is 79.5 Å². The van der Waals surface area contributed by atoms with Gasteiger partial charge in [-0.25, -0.2) is 15.3 Å². The Balaban J connectivity index is 0.000000172. The second kappa shape index (κ2) is 19.0. The largest absolute Gasteiger partial charge is 0.354 e. The van der Waals surface area contributed by atoms with Gasteiger partial charge in [0.05, 0.1) is 0 Å². The minimum Gasteiger partial charge on any atom is -0.354 e. The molecule has 0 unspecified atom stereocenters. The SMILES string of the molecule is CN(C)c1n[nH]c(NCCc2ccc(Cl)cc2)n1.CN(C)c1n[nH]c(NCc2ccc(Cl)cc2)n1.Cc1cccc(Nc2nc(N(C)C)n[nH]2)c1. The molecule has 0 bridgehead atoms. The van der Waals surface area contributed by atoms with E-state index in [2.05, 4.69) is 80.6 Å². The summed E-state index contributed by atoms with van der Waals surface area (Å²) >= 11 is 11.6. The summed E-state index contributed by atoms with van der Waals surface area (Å²) in [5.74, 6) is 3.98. The molecular formula is C34H45Cl2N15. The fourth-order valence-corrected chi connectivity index (χ4v) is 4.45. The Labute approximate surface area is 308 Å². The third kappa shape index (κ3) is 13.0. The first kappa shape index (κ1) is 38.3. The van der Waals surface area contributed by atoms with Gasteiger partial charge in [0.1, 0.15) is 0 Å². The highest BCUT2D eigenvalue weighted by Crippen LogP contribution is 2.16. The first-order chi connectivity index (χ1) is 24.4. The minimum absolute atomic E-state index is 0.648. The van der Waals surface area contributed by atoms with E-state index in [1.165, 1.54) is 11.1 Å². The number of H-pyrrole nitrogens is 3. The van der Waals surface area contributed by atoms with E-state index in [0.29, 0.717) is 42.2 Å². The van der Waals surface area contributed by atoms with Crippen LogP contribution in [0.4, 0.5) is 41.4 Å². The van der Waals surface area contributed by atoms with Crippen molar-refractivity contribution >= 4 is 64.6 Å². The second-order valence-corrected chi connectivity index (χ2v) is 12.8. The summed E-state index contributed by atoms with van der Waals surface area (Å²) in [6, 6.07) is 23.6. The highest BCUT2D eigenvalue weighted by Gasteiger charge is 2.06. The Morgan fingerprint density at radius 1 is 0.588 bits per heavy atom. The number of nitrogens with one attached hydrogen (secondary N) is 6. The van der Waals surface area contributed by atoms with E-state index in [1.54, 1.807) is 0 Å². The van der Waals surface area contributed by atoms with Crippen molar-refractivity contribution < 1.29 is 0 Å². The van der Waals surface area contributed by atoms with Gasteiger partial charge in [-0.1, -0.05) is 59.6 Å². The standard InChI is InChI=1S/C12H16ClN5.C11H14ClN5.C11H15N5/c1-18(2)12-15-11(16-17-12)14-8-7-9-3-5-10(13)6-4-9;1-17(2)11-14-10(15-16-11)13-7-8-3-5-9(12)6-4-8;1-8-5-4-6-9(7-8)12-10-13-11(15-14-10)16(2)3/h3-6H,7-8H2,1-2H3,(H2,14,15,16,17);3-6H,7H2,1-2H3,(H2,13,14,15,16);4-7H,1-3H3,(H2,12,13,14,15). The molecule has 6 rings (SSSR count). The van der Waals surface area contributed by atoms with Gasteiger partial charge in [-0.05, 0) is 66.4 Å². The predicted octanol–water partition coefficient (Wildman–Crippen LogP) is 6.24. The number of anilines is 7. The summed E-state index contributed by atoms with van der Waals surface area (Å²) in [5.41, 5.74) is 4.58. The summed E-state index contributed by atoms with van der Waals surface area (Å²) in [5, 5.41) is 31.7. The van der Waals surface area contributed by atoms with Crippen molar-refractivity contribution in [1.82, 2.24) is 45.5 Å². The first-order valence-electron chi connectivity index (χ1n) is 16.0. The van der Waals surface area contributed by atoms with Crippen LogP contribution in [0.2, 0.25) is 10.0 Å². The Morgan fingerprint density at radius 2 is 1.06 bits per heavy atom. The molecule has 270 valence electrons. The van der Waals surface area contributed by atoms with Gasteiger partial charge < -0.3 is 30.7 Å². The van der Waals surface area contributed by atoms with Crippen molar-refractivity contribution in [3.05, 3.63) is 99.5 Å².